The Labute approximate surface area is 148 Å². The molecule has 0 aromatic heterocycles. The van der Waals surface area contributed by atoms with Gasteiger partial charge in [-0.05, 0) is 24.6 Å². The average molecular weight is 351 g/mol. The Morgan fingerprint density at radius 1 is 1.12 bits per heavy atom. The molecule has 0 spiro atoms. The van der Waals surface area contributed by atoms with Gasteiger partial charge in [0, 0.05) is 7.11 Å². The maximum atomic E-state index is 12.0. The molecule has 0 heterocycles. The molecule has 0 fully saturated rings. The highest BCUT2D eigenvalue weighted by Gasteiger charge is 2.16. The van der Waals surface area contributed by atoms with Gasteiger partial charge in [0.25, 0.3) is 0 Å². The summed E-state index contributed by atoms with van der Waals surface area (Å²) in [4.78, 5) is 12.0. The molecular formula is C18H23ClN2O3. The Morgan fingerprint density at radius 3 is 2.42 bits per heavy atom. The SMILES string of the molecule is COCC(N)C(=O)Nc1ccccc1OC(C)c1ccccc1.Cl. The molecule has 2 unspecified atom stereocenters. The first-order chi connectivity index (χ1) is 11.1. The quantitative estimate of drug-likeness (QED) is 0.804. The summed E-state index contributed by atoms with van der Waals surface area (Å²) in [5, 5.41) is 2.78. The lowest BCUT2D eigenvalue weighted by Gasteiger charge is -2.19. The lowest BCUT2D eigenvalue weighted by atomic mass is 10.1. The van der Waals surface area contributed by atoms with Gasteiger partial charge in [0.15, 0.2) is 0 Å². The molecule has 0 saturated heterocycles. The number of hydrogen-bond acceptors (Lipinski definition) is 4. The van der Waals surface area contributed by atoms with Crippen LogP contribution in [-0.2, 0) is 9.53 Å². The van der Waals surface area contributed by atoms with Gasteiger partial charge >= 0.3 is 0 Å². The van der Waals surface area contributed by atoms with Crippen LogP contribution in [0.15, 0.2) is 54.6 Å². The number of carbonyl (C=O) groups excluding carboxylic acids is 1. The number of benzene rings is 2. The molecule has 0 aliphatic heterocycles. The van der Waals surface area contributed by atoms with Crippen LogP contribution in [0.2, 0.25) is 0 Å². The number of anilines is 1. The predicted molar refractivity (Wildman–Crippen MR) is 97.7 cm³/mol. The molecule has 2 rings (SSSR count). The number of nitrogens with two attached hydrogens (primary N) is 1. The van der Waals surface area contributed by atoms with Crippen LogP contribution in [0.5, 0.6) is 5.75 Å². The van der Waals surface area contributed by atoms with Crippen molar-refractivity contribution in [3.8, 4) is 5.75 Å². The Morgan fingerprint density at radius 2 is 1.75 bits per heavy atom. The predicted octanol–water partition coefficient (Wildman–Crippen LogP) is 3.16. The van der Waals surface area contributed by atoms with Crippen molar-refractivity contribution in [1.82, 2.24) is 0 Å². The molecule has 0 bridgehead atoms. The summed E-state index contributed by atoms with van der Waals surface area (Å²) < 4.78 is 10.9. The van der Waals surface area contributed by atoms with Gasteiger partial charge in [0.1, 0.15) is 17.9 Å². The fourth-order valence-corrected chi connectivity index (χ4v) is 2.14. The summed E-state index contributed by atoms with van der Waals surface area (Å²) in [5.41, 5.74) is 7.39. The van der Waals surface area contributed by atoms with Crippen molar-refractivity contribution in [2.24, 2.45) is 5.73 Å². The summed E-state index contributed by atoms with van der Waals surface area (Å²) in [6, 6.07) is 16.5. The Kier molecular flexibility index (Phi) is 8.26. The summed E-state index contributed by atoms with van der Waals surface area (Å²) in [7, 11) is 1.51. The number of para-hydroxylation sites is 2. The number of methoxy groups -OCH3 is 1. The van der Waals surface area contributed by atoms with Gasteiger partial charge in [-0.1, -0.05) is 42.5 Å². The molecular weight excluding hydrogens is 328 g/mol. The van der Waals surface area contributed by atoms with Gasteiger partial charge in [-0.2, -0.15) is 0 Å². The first kappa shape index (κ1) is 20.0. The molecule has 0 saturated carbocycles. The minimum absolute atomic E-state index is 0. The molecule has 0 aliphatic rings. The van der Waals surface area contributed by atoms with Crippen molar-refractivity contribution in [1.29, 1.82) is 0 Å². The van der Waals surface area contributed by atoms with Crippen LogP contribution in [0.3, 0.4) is 0 Å². The number of nitrogens with one attached hydrogen (secondary N) is 1. The standard InChI is InChI=1S/C18H22N2O3.ClH/c1-13(14-8-4-3-5-9-14)23-17-11-7-6-10-16(17)20-18(21)15(19)12-22-2;/h3-11,13,15H,12,19H2,1-2H3,(H,20,21);1H. The first-order valence-electron chi connectivity index (χ1n) is 7.48. The minimum Gasteiger partial charge on any atom is -0.484 e. The second kappa shape index (κ2) is 9.93. The maximum absolute atomic E-state index is 12.0. The molecule has 5 nitrogen and oxygen atoms in total. The minimum atomic E-state index is -0.723. The van der Waals surface area contributed by atoms with E-state index in [9.17, 15) is 4.79 Å². The van der Waals surface area contributed by atoms with Crippen LogP contribution in [-0.4, -0.2) is 25.7 Å². The van der Waals surface area contributed by atoms with E-state index in [2.05, 4.69) is 5.32 Å². The zero-order chi connectivity index (χ0) is 16.7. The molecule has 3 N–H and O–H groups in total. The molecule has 0 aliphatic carbocycles. The van der Waals surface area contributed by atoms with Gasteiger partial charge in [-0.25, -0.2) is 0 Å². The van der Waals surface area contributed by atoms with Crippen LogP contribution in [0, 0.1) is 0 Å². The summed E-state index contributed by atoms with van der Waals surface area (Å²) in [6.07, 6.45) is -0.137. The smallest absolute Gasteiger partial charge is 0.243 e. The van der Waals surface area contributed by atoms with Gasteiger partial charge in [-0.3, -0.25) is 4.79 Å². The number of hydrogen-bond donors (Lipinski definition) is 2. The van der Waals surface area contributed by atoms with E-state index >= 15 is 0 Å². The third-order valence-corrected chi connectivity index (χ3v) is 3.40. The maximum Gasteiger partial charge on any atom is 0.243 e. The summed E-state index contributed by atoms with van der Waals surface area (Å²) in [6.45, 7) is 2.12. The molecule has 6 heteroatoms. The molecule has 24 heavy (non-hydrogen) atoms. The van der Waals surface area contributed by atoms with E-state index in [0.717, 1.165) is 5.56 Å². The van der Waals surface area contributed by atoms with E-state index < -0.39 is 6.04 Å². The second-order valence-electron chi connectivity index (χ2n) is 5.22. The highest BCUT2D eigenvalue weighted by molar-refractivity contribution is 5.96. The molecule has 2 atom stereocenters. The third kappa shape index (κ3) is 5.53. The van der Waals surface area contributed by atoms with Crippen molar-refractivity contribution in [3.63, 3.8) is 0 Å². The molecule has 2 aromatic rings. The highest BCUT2D eigenvalue weighted by atomic mass is 35.5. The zero-order valence-corrected chi connectivity index (χ0v) is 14.6. The third-order valence-electron chi connectivity index (χ3n) is 3.40. The van der Waals surface area contributed by atoms with E-state index in [1.54, 1.807) is 6.07 Å². The molecule has 0 radical (unpaired) electrons. The summed E-state index contributed by atoms with van der Waals surface area (Å²) >= 11 is 0. The van der Waals surface area contributed by atoms with E-state index in [0.29, 0.717) is 11.4 Å². The van der Waals surface area contributed by atoms with Gasteiger partial charge in [0.2, 0.25) is 5.91 Å². The number of amides is 1. The normalized spacial score (nSPS) is 12.6. The fourth-order valence-electron chi connectivity index (χ4n) is 2.14. The number of ether oxygens (including phenoxy) is 2. The van der Waals surface area contributed by atoms with E-state index in [1.165, 1.54) is 7.11 Å². The van der Waals surface area contributed by atoms with Crippen molar-refractivity contribution >= 4 is 24.0 Å². The number of carbonyl (C=O) groups is 1. The van der Waals surface area contributed by atoms with Gasteiger partial charge in [-0.15, -0.1) is 12.4 Å². The van der Waals surface area contributed by atoms with Crippen LogP contribution >= 0.6 is 12.4 Å². The van der Waals surface area contributed by atoms with Crippen LogP contribution < -0.4 is 15.8 Å². The van der Waals surface area contributed by atoms with E-state index in [-0.39, 0.29) is 31.0 Å². The molecule has 130 valence electrons. The van der Waals surface area contributed by atoms with Gasteiger partial charge < -0.3 is 20.5 Å². The second-order valence-corrected chi connectivity index (χ2v) is 5.22. The first-order valence-corrected chi connectivity index (χ1v) is 7.48. The van der Waals surface area contributed by atoms with Gasteiger partial charge in [0.05, 0.1) is 12.3 Å². The van der Waals surface area contributed by atoms with Crippen molar-refractivity contribution in [2.45, 2.75) is 19.1 Å². The van der Waals surface area contributed by atoms with Crippen LogP contribution in [0.1, 0.15) is 18.6 Å². The fraction of sp³-hybridized carbons (Fsp3) is 0.278. The highest BCUT2D eigenvalue weighted by Crippen LogP contribution is 2.29. The van der Waals surface area contributed by atoms with E-state index in [4.69, 9.17) is 15.2 Å². The molecule has 1 amide bonds. The van der Waals surface area contributed by atoms with Crippen LogP contribution in [0.25, 0.3) is 0 Å². The average Bonchev–Trinajstić information content (AvgIpc) is 2.57. The Hall–Kier alpha value is -2.08. The van der Waals surface area contributed by atoms with Crippen molar-refractivity contribution in [3.05, 3.63) is 60.2 Å². The van der Waals surface area contributed by atoms with Crippen LogP contribution in [0.4, 0.5) is 5.69 Å². The lowest BCUT2D eigenvalue weighted by Crippen LogP contribution is -2.39. The topological polar surface area (TPSA) is 73.6 Å². The van der Waals surface area contributed by atoms with Crippen molar-refractivity contribution in [2.75, 3.05) is 19.0 Å². The largest absolute Gasteiger partial charge is 0.484 e. The zero-order valence-electron chi connectivity index (χ0n) is 13.8. The monoisotopic (exact) mass is 350 g/mol. The van der Waals surface area contributed by atoms with E-state index in [1.807, 2.05) is 55.5 Å². The summed E-state index contributed by atoms with van der Waals surface area (Å²) in [5.74, 6) is 0.289. The van der Waals surface area contributed by atoms with Crippen molar-refractivity contribution < 1.29 is 14.3 Å². The number of halogens is 1. The lowest BCUT2D eigenvalue weighted by molar-refractivity contribution is -0.118. The Balaban J connectivity index is 0.00000288. The number of rotatable bonds is 7. The Bertz CT molecular complexity index is 637. The molecule has 2 aromatic carbocycles.